The Bertz CT molecular complexity index is 633. The Balaban J connectivity index is 2.63. The molecule has 0 aliphatic rings. The van der Waals surface area contributed by atoms with Crippen LogP contribution in [0.1, 0.15) is 5.69 Å². The van der Waals surface area contributed by atoms with Crippen LogP contribution >= 0.6 is 12.2 Å². The van der Waals surface area contributed by atoms with E-state index in [2.05, 4.69) is 17.2 Å². The van der Waals surface area contributed by atoms with Crippen molar-refractivity contribution in [2.75, 3.05) is 0 Å². The molecule has 0 radical (unpaired) electrons. The van der Waals surface area contributed by atoms with Crippen molar-refractivity contribution in [1.29, 1.82) is 0 Å². The fourth-order valence-corrected chi connectivity index (χ4v) is 1.63. The number of H-pyrrole nitrogens is 1. The zero-order valence-corrected chi connectivity index (χ0v) is 9.57. The summed E-state index contributed by atoms with van der Waals surface area (Å²) in [4.78, 5) is 5.63. The van der Waals surface area contributed by atoms with Crippen LogP contribution in [-0.2, 0) is 6.18 Å². The van der Waals surface area contributed by atoms with E-state index in [9.17, 15) is 17.6 Å². The number of aromatic nitrogens is 2. The van der Waals surface area contributed by atoms with Gasteiger partial charge in [0.15, 0.2) is 4.77 Å². The highest BCUT2D eigenvalue weighted by atomic mass is 32.1. The van der Waals surface area contributed by atoms with Crippen LogP contribution < -0.4 is 0 Å². The van der Waals surface area contributed by atoms with Gasteiger partial charge in [-0.15, -0.1) is 0 Å². The third-order valence-corrected chi connectivity index (χ3v) is 2.39. The molecule has 0 atom stereocenters. The van der Waals surface area contributed by atoms with Crippen molar-refractivity contribution in [2.45, 2.75) is 6.18 Å². The summed E-state index contributed by atoms with van der Waals surface area (Å²) in [7, 11) is 0. The van der Waals surface area contributed by atoms with Gasteiger partial charge in [-0.05, 0) is 30.4 Å². The smallest absolute Gasteiger partial charge is 0.327 e. The molecule has 0 saturated carbocycles. The number of hydrogen-bond donors (Lipinski definition) is 1. The van der Waals surface area contributed by atoms with Gasteiger partial charge < -0.3 is 4.98 Å². The van der Waals surface area contributed by atoms with E-state index >= 15 is 0 Å². The second kappa shape index (κ2) is 4.49. The molecular formula is C11H6F4N2S. The molecule has 2 rings (SSSR count). The molecule has 18 heavy (non-hydrogen) atoms. The van der Waals surface area contributed by atoms with Gasteiger partial charge in [-0.3, -0.25) is 0 Å². The molecule has 1 heterocycles. The summed E-state index contributed by atoms with van der Waals surface area (Å²) < 4.78 is 50.8. The first-order chi connectivity index (χ1) is 8.38. The SMILES string of the molecule is Fc1ccccc1-c1cc(C(F)(F)F)[nH]c(=S)n1. The largest absolute Gasteiger partial charge is 0.431 e. The second-order valence-corrected chi connectivity index (χ2v) is 3.85. The summed E-state index contributed by atoms with van der Waals surface area (Å²) in [5.41, 5.74) is -1.23. The van der Waals surface area contributed by atoms with E-state index in [1.54, 1.807) is 0 Å². The molecular weight excluding hydrogens is 268 g/mol. The summed E-state index contributed by atoms with van der Waals surface area (Å²) in [6.07, 6.45) is -4.59. The average Bonchev–Trinajstić information content (AvgIpc) is 2.27. The minimum absolute atomic E-state index is 0.0249. The minimum atomic E-state index is -4.59. The molecule has 1 N–H and O–H groups in total. The van der Waals surface area contributed by atoms with Crippen molar-refractivity contribution in [3.05, 3.63) is 46.6 Å². The zero-order valence-electron chi connectivity index (χ0n) is 8.75. The Morgan fingerprint density at radius 2 is 1.83 bits per heavy atom. The van der Waals surface area contributed by atoms with Crippen LogP contribution in [0.2, 0.25) is 0 Å². The molecule has 0 spiro atoms. The Kier molecular flexibility index (Phi) is 3.16. The maximum atomic E-state index is 13.5. The van der Waals surface area contributed by atoms with Crippen LogP contribution in [0.5, 0.6) is 0 Å². The van der Waals surface area contributed by atoms with Crippen LogP contribution in [0.25, 0.3) is 11.3 Å². The maximum Gasteiger partial charge on any atom is 0.431 e. The van der Waals surface area contributed by atoms with Crippen LogP contribution in [-0.4, -0.2) is 9.97 Å². The Hall–Kier alpha value is -1.76. The number of alkyl halides is 3. The van der Waals surface area contributed by atoms with E-state index in [0.29, 0.717) is 0 Å². The van der Waals surface area contributed by atoms with Gasteiger partial charge >= 0.3 is 6.18 Å². The molecule has 7 heteroatoms. The van der Waals surface area contributed by atoms with E-state index in [1.807, 2.05) is 4.98 Å². The van der Waals surface area contributed by atoms with Crippen molar-refractivity contribution in [1.82, 2.24) is 9.97 Å². The van der Waals surface area contributed by atoms with Crippen LogP contribution in [0.3, 0.4) is 0 Å². The molecule has 0 unspecified atom stereocenters. The number of benzene rings is 1. The van der Waals surface area contributed by atoms with Gasteiger partial charge in [0.05, 0.1) is 5.69 Å². The summed E-state index contributed by atoms with van der Waals surface area (Å²) >= 11 is 4.61. The standard InChI is InChI=1S/C11H6F4N2S/c12-7-4-2-1-3-6(7)8-5-9(11(13,14)15)17-10(18)16-8/h1-5H,(H,16,17,18). The van der Waals surface area contributed by atoms with Crippen molar-refractivity contribution < 1.29 is 17.6 Å². The van der Waals surface area contributed by atoms with Crippen LogP contribution in [0, 0.1) is 10.6 Å². The number of rotatable bonds is 1. The summed E-state index contributed by atoms with van der Waals surface area (Å²) in [6, 6.07) is 6.16. The molecule has 1 aromatic heterocycles. The summed E-state index contributed by atoms with van der Waals surface area (Å²) in [5, 5.41) is 0. The highest BCUT2D eigenvalue weighted by Crippen LogP contribution is 2.30. The third-order valence-electron chi connectivity index (χ3n) is 2.20. The van der Waals surface area contributed by atoms with Gasteiger partial charge in [0.1, 0.15) is 11.5 Å². The van der Waals surface area contributed by atoms with Crippen molar-refractivity contribution >= 4 is 12.2 Å². The number of nitrogens with one attached hydrogen (secondary N) is 1. The quantitative estimate of drug-likeness (QED) is 0.629. The maximum absolute atomic E-state index is 13.5. The number of aromatic amines is 1. The number of hydrogen-bond acceptors (Lipinski definition) is 2. The van der Waals surface area contributed by atoms with Crippen molar-refractivity contribution in [2.24, 2.45) is 0 Å². The lowest BCUT2D eigenvalue weighted by atomic mass is 10.1. The zero-order chi connectivity index (χ0) is 13.3. The fourth-order valence-electron chi connectivity index (χ4n) is 1.42. The minimum Gasteiger partial charge on any atom is -0.327 e. The van der Waals surface area contributed by atoms with Crippen molar-refractivity contribution in [3.63, 3.8) is 0 Å². The van der Waals surface area contributed by atoms with Crippen LogP contribution in [0.15, 0.2) is 30.3 Å². The van der Waals surface area contributed by atoms with Gasteiger partial charge in [-0.2, -0.15) is 13.2 Å². The van der Waals surface area contributed by atoms with E-state index in [0.717, 1.165) is 12.1 Å². The van der Waals surface area contributed by atoms with Gasteiger partial charge in [-0.1, -0.05) is 12.1 Å². The Morgan fingerprint density at radius 3 is 2.44 bits per heavy atom. The predicted molar refractivity (Wildman–Crippen MR) is 59.8 cm³/mol. The highest BCUT2D eigenvalue weighted by Gasteiger charge is 2.32. The van der Waals surface area contributed by atoms with E-state index in [1.165, 1.54) is 18.2 Å². The number of nitrogens with zero attached hydrogens (tertiary/aromatic N) is 1. The first kappa shape index (κ1) is 12.7. The van der Waals surface area contributed by atoms with Crippen LogP contribution in [0.4, 0.5) is 17.6 Å². The molecule has 0 aliphatic heterocycles. The molecule has 0 bridgehead atoms. The average molecular weight is 274 g/mol. The molecule has 0 saturated heterocycles. The number of halogens is 4. The van der Waals surface area contributed by atoms with Gasteiger partial charge in [0.2, 0.25) is 0 Å². The van der Waals surface area contributed by atoms with E-state index < -0.39 is 17.7 Å². The molecule has 0 amide bonds. The van der Waals surface area contributed by atoms with E-state index in [-0.39, 0.29) is 16.0 Å². The molecule has 94 valence electrons. The lowest BCUT2D eigenvalue weighted by Gasteiger charge is -2.08. The monoisotopic (exact) mass is 274 g/mol. The summed E-state index contributed by atoms with van der Waals surface area (Å²) in [5.74, 6) is -0.654. The van der Waals surface area contributed by atoms with Gasteiger partial charge in [0, 0.05) is 5.56 Å². The lowest BCUT2D eigenvalue weighted by molar-refractivity contribution is -0.141. The topological polar surface area (TPSA) is 28.7 Å². The van der Waals surface area contributed by atoms with E-state index in [4.69, 9.17) is 0 Å². The third kappa shape index (κ3) is 2.56. The van der Waals surface area contributed by atoms with Gasteiger partial charge in [-0.25, -0.2) is 9.37 Å². The normalized spacial score (nSPS) is 11.6. The fraction of sp³-hybridized carbons (Fsp3) is 0.0909. The molecule has 2 nitrogen and oxygen atoms in total. The van der Waals surface area contributed by atoms with Crippen molar-refractivity contribution in [3.8, 4) is 11.3 Å². The Morgan fingerprint density at radius 1 is 1.17 bits per heavy atom. The first-order valence-electron chi connectivity index (χ1n) is 4.81. The molecule has 2 aromatic rings. The van der Waals surface area contributed by atoms with Gasteiger partial charge in [0.25, 0.3) is 0 Å². The second-order valence-electron chi connectivity index (χ2n) is 3.46. The molecule has 0 fully saturated rings. The molecule has 1 aromatic carbocycles. The molecule has 0 aliphatic carbocycles. The Labute approximate surface area is 104 Å². The predicted octanol–water partition coefficient (Wildman–Crippen LogP) is 3.96. The highest BCUT2D eigenvalue weighted by molar-refractivity contribution is 7.71. The summed E-state index contributed by atoms with van der Waals surface area (Å²) in [6.45, 7) is 0. The lowest BCUT2D eigenvalue weighted by Crippen LogP contribution is -2.09. The first-order valence-corrected chi connectivity index (χ1v) is 5.22.